The summed E-state index contributed by atoms with van der Waals surface area (Å²) >= 11 is 1.77. The van der Waals surface area contributed by atoms with Crippen molar-refractivity contribution < 1.29 is 14.6 Å². The Morgan fingerprint density at radius 2 is 2.23 bits per heavy atom. The lowest BCUT2D eigenvalue weighted by atomic mass is 10.1. The van der Waals surface area contributed by atoms with Crippen LogP contribution in [0.5, 0.6) is 11.5 Å². The average molecular weight is 546 g/mol. The number of guanidine groups is 1. The molecule has 1 aromatic heterocycles. The highest BCUT2D eigenvalue weighted by Gasteiger charge is 2.26. The molecule has 0 saturated carbocycles. The molecule has 3 rings (SSSR count). The first-order valence-corrected chi connectivity index (χ1v) is 10.7. The fourth-order valence-electron chi connectivity index (χ4n) is 3.44. The van der Waals surface area contributed by atoms with Crippen molar-refractivity contribution in [2.45, 2.75) is 25.6 Å². The molecule has 0 bridgehead atoms. The number of morpholine rings is 1. The molecule has 9 heteroatoms. The lowest BCUT2D eigenvalue weighted by Gasteiger charge is -2.37. The van der Waals surface area contributed by atoms with E-state index >= 15 is 0 Å². The quantitative estimate of drug-likeness (QED) is 0.282. The van der Waals surface area contributed by atoms with Crippen molar-refractivity contribution in [3.05, 3.63) is 46.2 Å². The predicted molar refractivity (Wildman–Crippen MR) is 132 cm³/mol. The van der Waals surface area contributed by atoms with Gasteiger partial charge in [0.25, 0.3) is 0 Å². The minimum absolute atomic E-state index is 0. The van der Waals surface area contributed by atoms with Gasteiger partial charge in [-0.15, -0.1) is 35.3 Å². The Kier molecular flexibility index (Phi) is 10.2. The van der Waals surface area contributed by atoms with E-state index in [-0.39, 0.29) is 41.9 Å². The molecule has 0 radical (unpaired) electrons. The first kappa shape index (κ1) is 24.7. The van der Waals surface area contributed by atoms with Crippen LogP contribution in [0.4, 0.5) is 0 Å². The number of thiophene rings is 1. The molecule has 0 aliphatic carbocycles. The standard InChI is InChI=1S/C21H30N4O3S.HI/c1-15-14-25(8-9-28-15)18(20-5-4-10-29-20)13-24-21(22-2)23-12-16-11-17(27-3)6-7-19(16)26;/h4-7,10-11,15,18,26H,8-9,12-14H2,1-3H3,(H2,22,23,24);1H. The number of rotatable bonds is 7. The molecule has 1 saturated heterocycles. The summed E-state index contributed by atoms with van der Waals surface area (Å²) in [5.74, 6) is 1.63. The molecule has 30 heavy (non-hydrogen) atoms. The summed E-state index contributed by atoms with van der Waals surface area (Å²) in [6.45, 7) is 5.88. The Morgan fingerprint density at radius 3 is 2.90 bits per heavy atom. The van der Waals surface area contributed by atoms with Gasteiger partial charge in [0, 0.05) is 43.7 Å². The summed E-state index contributed by atoms with van der Waals surface area (Å²) < 4.78 is 11.0. The van der Waals surface area contributed by atoms with Gasteiger partial charge in [-0.1, -0.05) is 6.07 Å². The van der Waals surface area contributed by atoms with Gasteiger partial charge in [-0.2, -0.15) is 0 Å². The van der Waals surface area contributed by atoms with Crippen LogP contribution in [0.15, 0.2) is 40.7 Å². The van der Waals surface area contributed by atoms with E-state index in [4.69, 9.17) is 9.47 Å². The molecule has 166 valence electrons. The largest absolute Gasteiger partial charge is 0.508 e. The molecule has 2 unspecified atom stereocenters. The topological polar surface area (TPSA) is 78.4 Å². The second kappa shape index (κ2) is 12.3. The molecule has 2 atom stereocenters. The van der Waals surface area contributed by atoms with Crippen molar-refractivity contribution in [3.63, 3.8) is 0 Å². The van der Waals surface area contributed by atoms with Crippen LogP contribution >= 0.6 is 35.3 Å². The molecule has 0 spiro atoms. The number of nitrogens with zero attached hydrogens (tertiary/aromatic N) is 2. The van der Waals surface area contributed by atoms with E-state index in [1.165, 1.54) is 4.88 Å². The Bertz CT molecular complexity index is 804. The normalized spacial score (nSPS) is 18.4. The van der Waals surface area contributed by atoms with Gasteiger partial charge in [0.05, 0.1) is 25.9 Å². The summed E-state index contributed by atoms with van der Waals surface area (Å²) in [5.41, 5.74) is 0.754. The molecule has 1 aliphatic rings. The van der Waals surface area contributed by atoms with Gasteiger partial charge in [0.1, 0.15) is 11.5 Å². The van der Waals surface area contributed by atoms with Crippen LogP contribution in [-0.2, 0) is 11.3 Å². The van der Waals surface area contributed by atoms with E-state index < -0.39 is 0 Å². The fraction of sp³-hybridized carbons (Fsp3) is 0.476. The fourth-order valence-corrected chi connectivity index (χ4v) is 4.30. The second-order valence-electron chi connectivity index (χ2n) is 7.01. The number of aliphatic imine (C=N–C) groups is 1. The Hall–Kier alpha value is -1.56. The minimum Gasteiger partial charge on any atom is -0.508 e. The first-order valence-electron chi connectivity index (χ1n) is 9.80. The van der Waals surface area contributed by atoms with Crippen LogP contribution < -0.4 is 15.4 Å². The molecule has 7 nitrogen and oxygen atoms in total. The van der Waals surface area contributed by atoms with Crippen LogP contribution in [0.2, 0.25) is 0 Å². The van der Waals surface area contributed by atoms with Gasteiger partial charge in [0.15, 0.2) is 5.96 Å². The van der Waals surface area contributed by atoms with Crippen LogP contribution in [-0.4, -0.2) is 62.5 Å². The summed E-state index contributed by atoms with van der Waals surface area (Å²) in [6.07, 6.45) is 0.236. The maximum atomic E-state index is 10.1. The van der Waals surface area contributed by atoms with Gasteiger partial charge in [0.2, 0.25) is 0 Å². The van der Waals surface area contributed by atoms with Gasteiger partial charge < -0.3 is 25.2 Å². The summed E-state index contributed by atoms with van der Waals surface area (Å²) in [7, 11) is 3.36. The number of phenolic OH excluding ortho intramolecular Hbond substituents is 1. The number of phenols is 1. The number of aromatic hydroxyl groups is 1. The zero-order valence-corrected chi connectivity index (χ0v) is 20.8. The lowest BCUT2D eigenvalue weighted by Crippen LogP contribution is -2.47. The SMILES string of the molecule is CN=C(NCc1cc(OC)ccc1O)NCC(c1cccs1)N1CCOC(C)C1.I. The van der Waals surface area contributed by atoms with Crippen LogP contribution in [0.3, 0.4) is 0 Å². The maximum Gasteiger partial charge on any atom is 0.191 e. The molecule has 2 heterocycles. The van der Waals surface area contributed by atoms with Crippen molar-refractivity contribution >= 4 is 41.3 Å². The first-order chi connectivity index (χ1) is 14.1. The molecule has 0 amide bonds. The smallest absolute Gasteiger partial charge is 0.191 e. The van der Waals surface area contributed by atoms with Crippen molar-refractivity contribution in [1.29, 1.82) is 0 Å². The van der Waals surface area contributed by atoms with Gasteiger partial charge in [-0.3, -0.25) is 9.89 Å². The number of ether oxygens (including phenoxy) is 2. The van der Waals surface area contributed by atoms with Crippen LogP contribution in [0, 0.1) is 0 Å². The Labute approximate surface area is 199 Å². The Morgan fingerprint density at radius 1 is 1.40 bits per heavy atom. The highest BCUT2D eigenvalue weighted by Crippen LogP contribution is 2.26. The highest BCUT2D eigenvalue weighted by molar-refractivity contribution is 14.0. The third-order valence-corrected chi connectivity index (χ3v) is 5.98. The zero-order chi connectivity index (χ0) is 20.6. The predicted octanol–water partition coefficient (Wildman–Crippen LogP) is 3.21. The molecule has 2 aromatic rings. The average Bonchev–Trinajstić information content (AvgIpc) is 3.26. The summed E-state index contributed by atoms with van der Waals surface area (Å²) in [4.78, 5) is 8.12. The van der Waals surface area contributed by atoms with E-state index in [0.717, 1.165) is 31.8 Å². The monoisotopic (exact) mass is 546 g/mol. The van der Waals surface area contributed by atoms with E-state index in [2.05, 4.69) is 45.0 Å². The molecular weight excluding hydrogens is 515 g/mol. The third kappa shape index (κ3) is 6.73. The van der Waals surface area contributed by atoms with Crippen molar-refractivity contribution in [3.8, 4) is 11.5 Å². The number of nitrogens with one attached hydrogen (secondary N) is 2. The summed E-state index contributed by atoms with van der Waals surface area (Å²) in [6, 6.07) is 9.72. The van der Waals surface area contributed by atoms with Gasteiger partial charge in [-0.25, -0.2) is 0 Å². The van der Waals surface area contributed by atoms with E-state index in [9.17, 15) is 5.11 Å². The lowest BCUT2D eigenvalue weighted by molar-refractivity contribution is -0.0334. The number of halogens is 1. The number of hydrogen-bond donors (Lipinski definition) is 3. The van der Waals surface area contributed by atoms with Gasteiger partial charge >= 0.3 is 0 Å². The van der Waals surface area contributed by atoms with Crippen molar-refractivity contribution in [1.82, 2.24) is 15.5 Å². The van der Waals surface area contributed by atoms with E-state index in [1.54, 1.807) is 37.6 Å². The molecule has 1 aromatic carbocycles. The maximum absolute atomic E-state index is 10.1. The van der Waals surface area contributed by atoms with Gasteiger partial charge in [-0.05, 0) is 36.6 Å². The molecule has 3 N–H and O–H groups in total. The molecule has 1 aliphatic heterocycles. The second-order valence-corrected chi connectivity index (χ2v) is 7.99. The number of methoxy groups -OCH3 is 1. The zero-order valence-electron chi connectivity index (χ0n) is 17.6. The minimum atomic E-state index is 0. The van der Waals surface area contributed by atoms with Crippen LogP contribution in [0.1, 0.15) is 23.4 Å². The van der Waals surface area contributed by atoms with Crippen LogP contribution in [0.25, 0.3) is 0 Å². The molecule has 1 fully saturated rings. The van der Waals surface area contributed by atoms with E-state index in [1.807, 2.05) is 6.07 Å². The summed E-state index contributed by atoms with van der Waals surface area (Å²) in [5, 5.41) is 18.9. The van der Waals surface area contributed by atoms with Crippen molar-refractivity contribution in [2.24, 2.45) is 4.99 Å². The number of benzene rings is 1. The van der Waals surface area contributed by atoms with Crippen molar-refractivity contribution in [2.75, 3.05) is 40.4 Å². The highest BCUT2D eigenvalue weighted by atomic mass is 127. The third-order valence-electron chi connectivity index (χ3n) is 5.00. The Balaban J connectivity index is 0.00000320. The number of hydrogen-bond acceptors (Lipinski definition) is 6. The van der Waals surface area contributed by atoms with E-state index in [0.29, 0.717) is 18.3 Å². The molecular formula is C21H31IN4O3S.